The molecule has 1 saturated heterocycles. The van der Waals surface area contributed by atoms with Gasteiger partial charge in [0, 0.05) is 12.6 Å². The lowest BCUT2D eigenvalue weighted by Crippen LogP contribution is -2.60. The maximum absolute atomic E-state index is 11.7. The summed E-state index contributed by atoms with van der Waals surface area (Å²) in [6.45, 7) is 11.8. The fourth-order valence-corrected chi connectivity index (χ4v) is 1.67. The molecule has 2 N–H and O–H groups in total. The third-order valence-electron chi connectivity index (χ3n) is 2.25. The van der Waals surface area contributed by atoms with E-state index in [1.165, 1.54) is 0 Å². The molecule has 0 aromatic rings. The third kappa shape index (κ3) is 2.72. The van der Waals surface area contributed by atoms with Gasteiger partial charge in [0.2, 0.25) is 0 Å². The number of hydrogen-bond acceptors (Lipinski definition) is 3. The lowest BCUT2D eigenvalue weighted by molar-refractivity contribution is 0.00731. The monoisotopic (exact) mass is 212 g/mol. The van der Waals surface area contributed by atoms with Crippen LogP contribution < -0.4 is 5.73 Å². The van der Waals surface area contributed by atoms with Crippen molar-refractivity contribution in [2.24, 2.45) is 5.73 Å². The van der Waals surface area contributed by atoms with Crippen LogP contribution in [0.15, 0.2) is 12.2 Å². The van der Waals surface area contributed by atoms with Gasteiger partial charge < -0.3 is 10.5 Å². The third-order valence-corrected chi connectivity index (χ3v) is 2.25. The van der Waals surface area contributed by atoms with Crippen LogP contribution >= 0.6 is 0 Å². The smallest absolute Gasteiger partial charge is 0.411 e. The van der Waals surface area contributed by atoms with Gasteiger partial charge in [-0.3, -0.25) is 4.90 Å². The first-order valence-electron chi connectivity index (χ1n) is 5.15. The van der Waals surface area contributed by atoms with Gasteiger partial charge in [0.25, 0.3) is 0 Å². The summed E-state index contributed by atoms with van der Waals surface area (Å²) in [5, 5.41) is 0. The number of nitrogens with two attached hydrogens (primary N) is 1. The summed E-state index contributed by atoms with van der Waals surface area (Å²) in [5.74, 6) is 0. The predicted octanol–water partition coefficient (Wildman–Crippen LogP) is 1.51. The van der Waals surface area contributed by atoms with E-state index in [0.717, 1.165) is 5.57 Å². The summed E-state index contributed by atoms with van der Waals surface area (Å²) in [6.07, 6.45) is -0.308. The highest BCUT2D eigenvalue weighted by atomic mass is 16.6. The number of carbonyl (C=O) groups is 1. The lowest BCUT2D eigenvalue weighted by Gasteiger charge is -2.45. The second-order valence-electron chi connectivity index (χ2n) is 5.07. The van der Waals surface area contributed by atoms with E-state index in [9.17, 15) is 4.79 Å². The highest BCUT2D eigenvalue weighted by Crippen LogP contribution is 2.26. The molecule has 4 nitrogen and oxygen atoms in total. The van der Waals surface area contributed by atoms with Crippen LogP contribution in [-0.2, 0) is 4.74 Å². The molecular formula is C11H20N2O2. The first kappa shape index (κ1) is 12.0. The molecule has 0 aromatic heterocycles. The number of rotatable bonds is 1. The molecule has 0 radical (unpaired) electrons. The second-order valence-corrected chi connectivity index (χ2v) is 5.07. The Balaban J connectivity index is 2.59. The normalized spacial score (nSPS) is 23.4. The number of hydrogen-bond donors (Lipinski definition) is 1. The molecule has 1 rings (SSSR count). The van der Waals surface area contributed by atoms with Gasteiger partial charge in [-0.05, 0) is 33.3 Å². The van der Waals surface area contributed by atoms with Crippen LogP contribution in [0, 0.1) is 0 Å². The van der Waals surface area contributed by atoms with Crippen LogP contribution in [0.2, 0.25) is 0 Å². The van der Waals surface area contributed by atoms with Gasteiger partial charge in [-0.15, -0.1) is 0 Å². The number of likely N-dealkylation sites (tertiary alicyclic amines) is 1. The van der Waals surface area contributed by atoms with Crippen LogP contribution in [0.1, 0.15) is 27.7 Å². The summed E-state index contributed by atoms with van der Waals surface area (Å²) in [5.41, 5.74) is 6.30. The standard InChI is InChI=1S/C11H20N2O2/c1-7-6-13(9(7)8(2)12)10(14)15-11(3,4)5/h8-9H,1,6,12H2,2-5H3/t8-,9?/m1/s1. The zero-order valence-electron chi connectivity index (χ0n) is 9.91. The summed E-state index contributed by atoms with van der Waals surface area (Å²) in [6, 6.07) is -0.168. The minimum atomic E-state index is -0.462. The second kappa shape index (κ2) is 3.85. The molecule has 15 heavy (non-hydrogen) atoms. The number of amides is 1. The Labute approximate surface area is 91.1 Å². The van der Waals surface area contributed by atoms with Gasteiger partial charge in [0.1, 0.15) is 5.60 Å². The Kier molecular flexibility index (Phi) is 3.09. The van der Waals surface area contributed by atoms with Crippen molar-refractivity contribution in [3.8, 4) is 0 Å². The molecular weight excluding hydrogens is 192 g/mol. The fourth-order valence-electron chi connectivity index (χ4n) is 1.67. The molecule has 1 unspecified atom stereocenters. The molecule has 0 saturated carbocycles. The van der Waals surface area contributed by atoms with Crippen LogP contribution in [0.4, 0.5) is 4.79 Å². The van der Waals surface area contributed by atoms with Crippen molar-refractivity contribution >= 4 is 6.09 Å². The summed E-state index contributed by atoms with van der Waals surface area (Å²) >= 11 is 0. The molecule has 1 amide bonds. The van der Waals surface area contributed by atoms with Crippen molar-refractivity contribution < 1.29 is 9.53 Å². The summed E-state index contributed by atoms with van der Waals surface area (Å²) < 4.78 is 5.26. The Morgan fingerprint density at radius 1 is 1.67 bits per heavy atom. The van der Waals surface area contributed by atoms with E-state index in [1.807, 2.05) is 27.7 Å². The van der Waals surface area contributed by atoms with E-state index >= 15 is 0 Å². The highest BCUT2D eigenvalue weighted by Gasteiger charge is 2.40. The minimum Gasteiger partial charge on any atom is -0.444 e. The topological polar surface area (TPSA) is 55.6 Å². The molecule has 1 fully saturated rings. The minimum absolute atomic E-state index is 0.0696. The van der Waals surface area contributed by atoms with Crippen molar-refractivity contribution in [2.45, 2.75) is 45.4 Å². The van der Waals surface area contributed by atoms with Crippen LogP contribution in [0.25, 0.3) is 0 Å². The average molecular weight is 212 g/mol. The summed E-state index contributed by atoms with van der Waals surface area (Å²) in [4.78, 5) is 13.3. The van der Waals surface area contributed by atoms with Crippen molar-refractivity contribution in [3.63, 3.8) is 0 Å². The molecule has 4 heteroatoms. The molecule has 0 aromatic carbocycles. The van der Waals surface area contributed by atoms with E-state index < -0.39 is 5.60 Å². The van der Waals surface area contributed by atoms with Crippen LogP contribution in [-0.4, -0.2) is 35.2 Å². The molecule has 0 bridgehead atoms. The molecule has 0 spiro atoms. The van der Waals surface area contributed by atoms with Gasteiger partial charge >= 0.3 is 6.09 Å². The van der Waals surface area contributed by atoms with Gasteiger partial charge in [-0.2, -0.15) is 0 Å². The van der Waals surface area contributed by atoms with E-state index in [4.69, 9.17) is 10.5 Å². The van der Waals surface area contributed by atoms with Gasteiger partial charge in [-0.25, -0.2) is 4.79 Å². The van der Waals surface area contributed by atoms with Crippen molar-refractivity contribution in [2.75, 3.05) is 6.54 Å². The Bertz CT molecular complexity index is 279. The highest BCUT2D eigenvalue weighted by molar-refractivity contribution is 5.71. The van der Waals surface area contributed by atoms with E-state index in [-0.39, 0.29) is 18.2 Å². The van der Waals surface area contributed by atoms with Crippen molar-refractivity contribution in [1.29, 1.82) is 0 Å². The molecule has 1 heterocycles. The number of ether oxygens (including phenoxy) is 1. The zero-order chi connectivity index (χ0) is 11.8. The maximum Gasteiger partial charge on any atom is 0.411 e. The number of nitrogens with zero attached hydrogens (tertiary/aromatic N) is 1. The van der Waals surface area contributed by atoms with E-state index in [2.05, 4.69) is 6.58 Å². The lowest BCUT2D eigenvalue weighted by atomic mass is 9.92. The van der Waals surface area contributed by atoms with Crippen molar-refractivity contribution in [1.82, 2.24) is 4.90 Å². The molecule has 1 aliphatic heterocycles. The molecule has 2 atom stereocenters. The van der Waals surface area contributed by atoms with E-state index in [0.29, 0.717) is 6.54 Å². The Morgan fingerprint density at radius 3 is 2.53 bits per heavy atom. The largest absolute Gasteiger partial charge is 0.444 e. The fraction of sp³-hybridized carbons (Fsp3) is 0.727. The summed E-state index contributed by atoms with van der Waals surface area (Å²) in [7, 11) is 0. The van der Waals surface area contributed by atoms with Crippen molar-refractivity contribution in [3.05, 3.63) is 12.2 Å². The zero-order valence-corrected chi connectivity index (χ0v) is 9.91. The molecule has 86 valence electrons. The van der Waals surface area contributed by atoms with Gasteiger partial charge in [0.15, 0.2) is 0 Å². The Morgan fingerprint density at radius 2 is 2.20 bits per heavy atom. The predicted molar refractivity (Wildman–Crippen MR) is 59.5 cm³/mol. The van der Waals surface area contributed by atoms with Gasteiger partial charge in [0.05, 0.1) is 6.04 Å². The molecule has 0 aliphatic carbocycles. The first-order valence-corrected chi connectivity index (χ1v) is 5.15. The molecule has 1 aliphatic rings. The Hall–Kier alpha value is -1.03. The van der Waals surface area contributed by atoms with Crippen LogP contribution in [0.5, 0.6) is 0 Å². The van der Waals surface area contributed by atoms with Gasteiger partial charge in [-0.1, -0.05) is 6.58 Å². The van der Waals surface area contributed by atoms with E-state index in [1.54, 1.807) is 4.90 Å². The maximum atomic E-state index is 11.7. The number of carbonyl (C=O) groups excluding carboxylic acids is 1. The van der Waals surface area contributed by atoms with Crippen LogP contribution in [0.3, 0.4) is 0 Å². The average Bonchev–Trinajstić information content (AvgIpc) is 1.94. The quantitative estimate of drug-likeness (QED) is 0.670. The first-order chi connectivity index (χ1) is 6.72. The SMILES string of the molecule is C=C1CN(C(=O)OC(C)(C)C)C1[C@@H](C)N.